The average Bonchev–Trinajstić information content (AvgIpc) is 2.26. The van der Waals surface area contributed by atoms with Gasteiger partial charge in [0.15, 0.2) is 0 Å². The van der Waals surface area contributed by atoms with Crippen LogP contribution in [0.5, 0.6) is 0 Å². The fourth-order valence-electron chi connectivity index (χ4n) is 1.16. The Morgan fingerprint density at radius 3 is 2.56 bits per heavy atom. The van der Waals surface area contributed by atoms with Crippen molar-refractivity contribution in [3.05, 3.63) is 27.7 Å². The first-order chi connectivity index (χ1) is 8.19. The van der Waals surface area contributed by atoms with Crippen LogP contribution in [0.3, 0.4) is 0 Å². The van der Waals surface area contributed by atoms with Crippen molar-refractivity contribution < 1.29 is 13.5 Å². The number of hydrogen-bond acceptors (Lipinski definition) is 3. The van der Waals surface area contributed by atoms with Crippen molar-refractivity contribution >= 4 is 37.6 Å². The zero-order valence-corrected chi connectivity index (χ0v) is 13.2. The Labute approximate surface area is 121 Å². The summed E-state index contributed by atoms with van der Waals surface area (Å²) in [5, 5.41) is 9.25. The van der Waals surface area contributed by atoms with Crippen LogP contribution in [0.15, 0.2) is 27.6 Å². The summed E-state index contributed by atoms with van der Waals surface area (Å²) in [6.45, 7) is 3.54. The maximum atomic E-state index is 12.1. The van der Waals surface area contributed by atoms with E-state index in [4.69, 9.17) is 16.7 Å². The van der Waals surface area contributed by atoms with Gasteiger partial charge in [-0.3, -0.25) is 0 Å². The summed E-state index contributed by atoms with van der Waals surface area (Å²) >= 11 is 9.07. The van der Waals surface area contributed by atoms with Crippen LogP contribution in [0.2, 0.25) is 5.02 Å². The van der Waals surface area contributed by atoms with Crippen LogP contribution in [-0.2, 0) is 10.0 Å². The molecule has 7 heteroatoms. The highest BCUT2D eigenvalue weighted by Crippen LogP contribution is 2.29. The van der Waals surface area contributed by atoms with Gasteiger partial charge in [-0.1, -0.05) is 31.5 Å². The van der Waals surface area contributed by atoms with Crippen LogP contribution >= 0.6 is 27.5 Å². The summed E-state index contributed by atoms with van der Waals surface area (Å²) in [4.78, 5) is 0.0143. The Hall–Kier alpha value is -0.140. The molecule has 0 amide bonds. The van der Waals surface area contributed by atoms with E-state index in [1.54, 1.807) is 26.0 Å². The standard InChI is InChI=1S/C11H15BrClNO3S/c1-11(2,7-15)6-14-18(16,17)10-8(12)4-3-5-9(10)13/h3-5,14-15H,6-7H2,1-2H3. The highest BCUT2D eigenvalue weighted by Gasteiger charge is 2.25. The minimum Gasteiger partial charge on any atom is -0.396 e. The molecule has 0 aliphatic rings. The number of aliphatic hydroxyl groups is 1. The van der Waals surface area contributed by atoms with Crippen molar-refractivity contribution in [1.82, 2.24) is 4.72 Å². The molecule has 4 nitrogen and oxygen atoms in total. The lowest BCUT2D eigenvalue weighted by Gasteiger charge is -2.22. The van der Waals surface area contributed by atoms with E-state index in [2.05, 4.69) is 20.7 Å². The number of hydrogen-bond donors (Lipinski definition) is 2. The van der Waals surface area contributed by atoms with Crippen molar-refractivity contribution in [3.63, 3.8) is 0 Å². The minimum atomic E-state index is -3.70. The SMILES string of the molecule is CC(C)(CO)CNS(=O)(=O)c1c(Cl)cccc1Br. The molecule has 18 heavy (non-hydrogen) atoms. The molecule has 0 unspecified atom stereocenters. The molecule has 0 saturated heterocycles. The molecule has 0 fully saturated rings. The highest BCUT2D eigenvalue weighted by molar-refractivity contribution is 9.10. The number of halogens is 2. The smallest absolute Gasteiger partial charge is 0.243 e. The summed E-state index contributed by atoms with van der Waals surface area (Å²) < 4.78 is 27.1. The van der Waals surface area contributed by atoms with Crippen LogP contribution in [0.1, 0.15) is 13.8 Å². The average molecular weight is 357 g/mol. The van der Waals surface area contributed by atoms with E-state index in [-0.39, 0.29) is 23.1 Å². The number of rotatable bonds is 5. The molecule has 1 aromatic rings. The second kappa shape index (κ2) is 5.88. The van der Waals surface area contributed by atoms with Gasteiger partial charge in [0.25, 0.3) is 0 Å². The molecule has 0 atom stereocenters. The lowest BCUT2D eigenvalue weighted by atomic mass is 9.96. The van der Waals surface area contributed by atoms with Crippen molar-refractivity contribution in [3.8, 4) is 0 Å². The Morgan fingerprint density at radius 1 is 1.44 bits per heavy atom. The second-order valence-electron chi connectivity index (χ2n) is 4.70. The van der Waals surface area contributed by atoms with Crippen molar-refractivity contribution in [1.29, 1.82) is 0 Å². The van der Waals surface area contributed by atoms with E-state index in [1.807, 2.05) is 0 Å². The quantitative estimate of drug-likeness (QED) is 0.851. The van der Waals surface area contributed by atoms with E-state index >= 15 is 0 Å². The topological polar surface area (TPSA) is 66.4 Å². The first-order valence-corrected chi connectivity index (χ1v) is 7.89. The second-order valence-corrected chi connectivity index (χ2v) is 7.66. The molecule has 0 bridgehead atoms. The molecule has 0 aromatic heterocycles. The Balaban J connectivity index is 3.01. The van der Waals surface area contributed by atoms with Crippen molar-refractivity contribution in [2.24, 2.45) is 5.41 Å². The first-order valence-electron chi connectivity index (χ1n) is 5.24. The Kier molecular flexibility index (Phi) is 5.20. The molecular weight excluding hydrogens is 342 g/mol. The van der Waals surface area contributed by atoms with Crippen molar-refractivity contribution in [2.45, 2.75) is 18.7 Å². The maximum absolute atomic E-state index is 12.1. The third kappa shape index (κ3) is 3.93. The molecule has 0 aliphatic heterocycles. The van der Waals surface area contributed by atoms with Crippen LogP contribution in [0, 0.1) is 5.41 Å². The maximum Gasteiger partial charge on any atom is 0.243 e. The lowest BCUT2D eigenvalue weighted by molar-refractivity contribution is 0.163. The highest BCUT2D eigenvalue weighted by atomic mass is 79.9. The molecule has 0 spiro atoms. The van der Waals surface area contributed by atoms with Crippen molar-refractivity contribution in [2.75, 3.05) is 13.2 Å². The van der Waals surface area contributed by atoms with Gasteiger partial charge in [0.2, 0.25) is 10.0 Å². The zero-order valence-electron chi connectivity index (χ0n) is 10.1. The Morgan fingerprint density at radius 2 is 2.06 bits per heavy atom. The van der Waals surface area contributed by atoms with E-state index < -0.39 is 15.4 Å². The molecule has 0 radical (unpaired) electrons. The molecule has 0 aliphatic carbocycles. The summed E-state index contributed by atoms with van der Waals surface area (Å²) in [5.41, 5.74) is -0.527. The molecular formula is C11H15BrClNO3S. The fraction of sp³-hybridized carbons (Fsp3) is 0.455. The normalized spacial score (nSPS) is 12.7. The van der Waals surface area contributed by atoms with Gasteiger partial charge >= 0.3 is 0 Å². The zero-order chi connectivity index (χ0) is 14.0. The molecule has 1 aromatic carbocycles. The number of sulfonamides is 1. The number of nitrogens with one attached hydrogen (secondary N) is 1. The van der Waals surface area contributed by atoms with Gasteiger partial charge in [0, 0.05) is 23.0 Å². The Bertz CT molecular complexity index is 511. The summed E-state index contributed by atoms with van der Waals surface area (Å²) in [6.07, 6.45) is 0. The van der Waals surface area contributed by atoms with E-state index in [0.29, 0.717) is 4.47 Å². The number of aliphatic hydroxyl groups excluding tert-OH is 1. The molecule has 0 heterocycles. The lowest BCUT2D eigenvalue weighted by Crippen LogP contribution is -2.36. The predicted octanol–water partition coefficient (Wildman–Crippen LogP) is 2.40. The first kappa shape index (κ1) is 15.9. The fourth-order valence-corrected chi connectivity index (χ4v) is 4.13. The van der Waals surface area contributed by atoms with Gasteiger partial charge in [-0.2, -0.15) is 0 Å². The summed E-state index contributed by atoms with van der Waals surface area (Å²) in [7, 11) is -3.70. The third-order valence-corrected chi connectivity index (χ3v) is 5.21. The van der Waals surface area contributed by atoms with Crippen LogP contribution in [0.4, 0.5) is 0 Å². The van der Waals surface area contributed by atoms with Gasteiger partial charge in [-0.05, 0) is 28.1 Å². The summed E-state index contributed by atoms with van der Waals surface area (Å²) in [6, 6.07) is 4.78. The van der Waals surface area contributed by atoms with Gasteiger partial charge in [-0.25, -0.2) is 13.1 Å². The monoisotopic (exact) mass is 355 g/mol. The predicted molar refractivity (Wildman–Crippen MR) is 75.2 cm³/mol. The van der Waals surface area contributed by atoms with Gasteiger partial charge in [0.05, 0.1) is 5.02 Å². The van der Waals surface area contributed by atoms with Crippen LogP contribution in [0.25, 0.3) is 0 Å². The molecule has 2 N–H and O–H groups in total. The van der Waals surface area contributed by atoms with Gasteiger partial charge in [-0.15, -0.1) is 0 Å². The molecule has 1 rings (SSSR count). The number of benzene rings is 1. The van der Waals surface area contributed by atoms with E-state index in [0.717, 1.165) is 0 Å². The third-order valence-electron chi connectivity index (χ3n) is 2.36. The summed E-state index contributed by atoms with van der Waals surface area (Å²) in [5.74, 6) is 0. The van der Waals surface area contributed by atoms with Gasteiger partial charge < -0.3 is 5.11 Å². The van der Waals surface area contributed by atoms with E-state index in [1.165, 1.54) is 6.07 Å². The van der Waals surface area contributed by atoms with Crippen LogP contribution < -0.4 is 4.72 Å². The minimum absolute atomic E-state index is 0.0143. The molecule has 0 saturated carbocycles. The largest absolute Gasteiger partial charge is 0.396 e. The molecule has 102 valence electrons. The van der Waals surface area contributed by atoms with E-state index in [9.17, 15) is 8.42 Å². The van der Waals surface area contributed by atoms with Gasteiger partial charge in [0.1, 0.15) is 4.90 Å². The van der Waals surface area contributed by atoms with Crippen LogP contribution in [-0.4, -0.2) is 26.7 Å².